The van der Waals surface area contributed by atoms with Gasteiger partial charge in [-0.25, -0.2) is 4.79 Å². The van der Waals surface area contributed by atoms with Gasteiger partial charge < -0.3 is 25.3 Å². The fourth-order valence-electron chi connectivity index (χ4n) is 2.47. The van der Waals surface area contributed by atoms with E-state index in [-0.39, 0.29) is 6.61 Å². The molecule has 0 aliphatic carbocycles. The third kappa shape index (κ3) is 7.31. The highest BCUT2D eigenvalue weighted by molar-refractivity contribution is 5.94. The smallest absolute Gasteiger partial charge is 0.331 e. The van der Waals surface area contributed by atoms with E-state index in [0.717, 1.165) is 12.0 Å². The first-order valence-electron chi connectivity index (χ1n) is 9.24. The lowest BCUT2D eigenvalue weighted by Crippen LogP contribution is -2.20. The molecular weight excluding hydrogens is 388 g/mol. The number of hydrogen-bond acceptors (Lipinski definition) is 6. The van der Waals surface area contributed by atoms with Crippen LogP contribution in [-0.2, 0) is 25.5 Å². The summed E-state index contributed by atoms with van der Waals surface area (Å²) >= 11 is 0. The van der Waals surface area contributed by atoms with Gasteiger partial charge in [0.05, 0.1) is 7.11 Å². The van der Waals surface area contributed by atoms with Crippen molar-refractivity contribution in [3.63, 3.8) is 0 Å². The van der Waals surface area contributed by atoms with Gasteiger partial charge in [-0.05, 0) is 47.9 Å². The van der Waals surface area contributed by atoms with Crippen LogP contribution in [0.1, 0.15) is 18.1 Å². The number of hydrogen-bond donors (Lipinski definition) is 2. The van der Waals surface area contributed by atoms with Crippen molar-refractivity contribution < 1.29 is 28.6 Å². The van der Waals surface area contributed by atoms with Gasteiger partial charge in [-0.2, -0.15) is 0 Å². The third-order valence-corrected chi connectivity index (χ3v) is 3.93. The fourth-order valence-corrected chi connectivity index (χ4v) is 2.47. The van der Waals surface area contributed by atoms with E-state index >= 15 is 0 Å². The molecule has 158 valence electrons. The molecule has 2 rings (SSSR count). The number of aryl methyl sites for hydroxylation is 1. The van der Waals surface area contributed by atoms with E-state index in [4.69, 9.17) is 19.9 Å². The monoisotopic (exact) mass is 412 g/mol. The van der Waals surface area contributed by atoms with Crippen LogP contribution >= 0.6 is 0 Å². The predicted molar refractivity (Wildman–Crippen MR) is 112 cm³/mol. The number of methoxy groups -OCH3 is 1. The molecule has 2 aromatic rings. The van der Waals surface area contributed by atoms with Crippen molar-refractivity contribution in [2.75, 3.05) is 25.6 Å². The Morgan fingerprint density at radius 3 is 2.57 bits per heavy atom. The Morgan fingerprint density at radius 1 is 1.07 bits per heavy atom. The second-order valence-corrected chi connectivity index (χ2v) is 6.21. The van der Waals surface area contributed by atoms with Crippen LogP contribution in [-0.4, -0.2) is 38.1 Å². The molecule has 0 aliphatic heterocycles. The molecule has 0 heterocycles. The van der Waals surface area contributed by atoms with Gasteiger partial charge in [-0.3, -0.25) is 9.59 Å². The summed E-state index contributed by atoms with van der Waals surface area (Å²) in [5.41, 5.74) is 7.43. The number of benzene rings is 2. The Morgan fingerprint density at radius 2 is 1.87 bits per heavy atom. The van der Waals surface area contributed by atoms with E-state index in [1.807, 2.05) is 25.1 Å². The fraction of sp³-hybridized carbons (Fsp3) is 0.227. The number of amides is 2. The zero-order valence-corrected chi connectivity index (χ0v) is 16.8. The first-order chi connectivity index (χ1) is 14.4. The second kappa shape index (κ2) is 11.3. The maximum Gasteiger partial charge on any atom is 0.331 e. The molecular formula is C22H24N2O6. The molecule has 0 saturated heterocycles. The Kier molecular flexibility index (Phi) is 8.43. The molecule has 0 atom stereocenters. The number of nitrogens with one attached hydrogen (secondary N) is 1. The summed E-state index contributed by atoms with van der Waals surface area (Å²) in [6.07, 6.45) is 3.56. The van der Waals surface area contributed by atoms with Gasteiger partial charge in [0.15, 0.2) is 24.7 Å². The topological polar surface area (TPSA) is 117 Å². The number of rotatable bonds is 10. The molecule has 2 amide bonds. The van der Waals surface area contributed by atoms with Gasteiger partial charge >= 0.3 is 5.97 Å². The quantitative estimate of drug-likeness (QED) is 0.457. The zero-order chi connectivity index (χ0) is 21.9. The summed E-state index contributed by atoms with van der Waals surface area (Å²) in [4.78, 5) is 34.6. The lowest BCUT2D eigenvalue weighted by Gasteiger charge is -2.10. The first kappa shape index (κ1) is 22.5. The first-order valence-corrected chi connectivity index (χ1v) is 9.24. The summed E-state index contributed by atoms with van der Waals surface area (Å²) in [5.74, 6) is -0.978. The summed E-state index contributed by atoms with van der Waals surface area (Å²) in [7, 11) is 1.45. The number of anilines is 1. The molecule has 0 saturated carbocycles. The van der Waals surface area contributed by atoms with Crippen molar-refractivity contribution in [3.8, 4) is 11.5 Å². The number of nitrogens with two attached hydrogens (primary N) is 1. The van der Waals surface area contributed by atoms with Crippen LogP contribution in [0.15, 0.2) is 48.5 Å². The standard InChI is InChI=1S/C22H24N2O6/c1-3-15-5-4-6-17(11-15)24-21(26)14-30-22(27)10-8-16-7-9-18(19(12-16)28-2)29-13-20(23)25/h4-12H,3,13-14H2,1-2H3,(H2,23,25)(H,24,26)/b10-8+. The third-order valence-electron chi connectivity index (χ3n) is 3.93. The van der Waals surface area contributed by atoms with Crippen LogP contribution < -0.4 is 20.5 Å². The van der Waals surface area contributed by atoms with Gasteiger partial charge in [0, 0.05) is 11.8 Å². The molecule has 30 heavy (non-hydrogen) atoms. The lowest BCUT2D eigenvalue weighted by atomic mass is 10.1. The average molecular weight is 412 g/mol. The van der Waals surface area contributed by atoms with Crippen LogP contribution in [0.3, 0.4) is 0 Å². The van der Waals surface area contributed by atoms with Gasteiger partial charge in [0.25, 0.3) is 11.8 Å². The van der Waals surface area contributed by atoms with Crippen molar-refractivity contribution in [2.24, 2.45) is 5.73 Å². The Labute approximate surface area is 174 Å². The molecule has 3 N–H and O–H groups in total. The van der Waals surface area contributed by atoms with E-state index in [1.54, 1.807) is 24.3 Å². The summed E-state index contributed by atoms with van der Waals surface area (Å²) in [6, 6.07) is 12.3. The molecule has 8 heteroatoms. The number of carbonyl (C=O) groups is 3. The molecule has 0 fully saturated rings. The predicted octanol–water partition coefficient (Wildman–Crippen LogP) is 2.32. The summed E-state index contributed by atoms with van der Waals surface area (Å²) in [5, 5.41) is 2.68. The van der Waals surface area contributed by atoms with E-state index in [9.17, 15) is 14.4 Å². The summed E-state index contributed by atoms with van der Waals surface area (Å²) in [6.45, 7) is 1.34. The van der Waals surface area contributed by atoms with Crippen molar-refractivity contribution in [1.29, 1.82) is 0 Å². The average Bonchev–Trinajstić information content (AvgIpc) is 2.75. The van der Waals surface area contributed by atoms with Crippen LogP contribution in [0.4, 0.5) is 5.69 Å². The van der Waals surface area contributed by atoms with Crippen molar-refractivity contribution in [1.82, 2.24) is 0 Å². The normalized spacial score (nSPS) is 10.5. The molecule has 8 nitrogen and oxygen atoms in total. The number of primary amides is 1. The molecule has 0 spiro atoms. The van der Waals surface area contributed by atoms with E-state index in [1.165, 1.54) is 19.3 Å². The lowest BCUT2D eigenvalue weighted by molar-refractivity contribution is -0.142. The van der Waals surface area contributed by atoms with Crippen molar-refractivity contribution >= 4 is 29.5 Å². The molecule has 0 bridgehead atoms. The zero-order valence-electron chi connectivity index (χ0n) is 16.8. The van der Waals surface area contributed by atoms with Gasteiger partial charge in [0.2, 0.25) is 0 Å². The molecule has 0 aromatic heterocycles. The van der Waals surface area contributed by atoms with Gasteiger partial charge in [0.1, 0.15) is 0 Å². The highest BCUT2D eigenvalue weighted by Gasteiger charge is 2.08. The Bertz CT molecular complexity index is 939. The maximum atomic E-state index is 11.9. The van der Waals surface area contributed by atoms with Crippen LogP contribution in [0.5, 0.6) is 11.5 Å². The van der Waals surface area contributed by atoms with Crippen molar-refractivity contribution in [2.45, 2.75) is 13.3 Å². The minimum Gasteiger partial charge on any atom is -0.493 e. The number of carbonyl (C=O) groups excluding carboxylic acids is 3. The van der Waals surface area contributed by atoms with Crippen LogP contribution in [0.25, 0.3) is 6.08 Å². The number of esters is 1. The highest BCUT2D eigenvalue weighted by Crippen LogP contribution is 2.28. The van der Waals surface area contributed by atoms with Gasteiger partial charge in [-0.1, -0.05) is 25.1 Å². The highest BCUT2D eigenvalue weighted by atomic mass is 16.5. The van der Waals surface area contributed by atoms with E-state index in [2.05, 4.69) is 5.32 Å². The maximum absolute atomic E-state index is 11.9. The SMILES string of the molecule is CCc1cccc(NC(=O)COC(=O)/C=C/c2ccc(OCC(N)=O)c(OC)c2)c1. The second-order valence-electron chi connectivity index (χ2n) is 6.21. The summed E-state index contributed by atoms with van der Waals surface area (Å²) < 4.78 is 15.4. The van der Waals surface area contributed by atoms with Gasteiger partial charge in [-0.15, -0.1) is 0 Å². The van der Waals surface area contributed by atoms with Crippen LogP contribution in [0, 0.1) is 0 Å². The molecule has 0 unspecified atom stereocenters. The van der Waals surface area contributed by atoms with E-state index < -0.39 is 24.4 Å². The minimum atomic E-state index is -0.666. The molecule has 0 aliphatic rings. The molecule has 0 radical (unpaired) electrons. The molecule has 2 aromatic carbocycles. The van der Waals surface area contributed by atoms with E-state index in [0.29, 0.717) is 22.7 Å². The van der Waals surface area contributed by atoms with Crippen molar-refractivity contribution in [3.05, 3.63) is 59.7 Å². The Balaban J connectivity index is 1.87. The minimum absolute atomic E-state index is 0.275. The number of ether oxygens (including phenoxy) is 3. The van der Waals surface area contributed by atoms with Crippen LogP contribution in [0.2, 0.25) is 0 Å². The Hall–Kier alpha value is -3.81. The largest absolute Gasteiger partial charge is 0.493 e.